The number of nitrogens with zero attached hydrogens (tertiary/aromatic N) is 1. The average Bonchev–Trinajstić information content (AvgIpc) is 3.23. The molecule has 0 bridgehead atoms. The highest BCUT2D eigenvalue weighted by Gasteiger charge is 2.35. The molecule has 28 heavy (non-hydrogen) atoms. The second-order valence-electron chi connectivity index (χ2n) is 6.07. The lowest BCUT2D eigenvalue weighted by Gasteiger charge is -2.12. The molecule has 2 aliphatic heterocycles. The second-order valence-corrected chi connectivity index (χ2v) is 7.98. The van der Waals surface area contributed by atoms with Crippen LogP contribution in [0.4, 0.5) is 4.79 Å². The highest BCUT2D eigenvalue weighted by Crippen LogP contribution is 2.41. The van der Waals surface area contributed by atoms with Crippen molar-refractivity contribution in [1.29, 1.82) is 0 Å². The fraction of sp³-hybridized carbons (Fsp3) is 0.200. The summed E-state index contributed by atoms with van der Waals surface area (Å²) in [5.41, 5.74) is 1.55. The molecule has 0 N–H and O–H groups in total. The van der Waals surface area contributed by atoms with Gasteiger partial charge in [0.15, 0.2) is 11.5 Å². The molecular weight excluding hydrogens is 446 g/mol. The molecule has 144 valence electrons. The molecule has 0 unspecified atom stereocenters. The number of imide groups is 1. The lowest BCUT2D eigenvalue weighted by atomic mass is 10.1. The Balaban J connectivity index is 1.61. The number of carbonyl (C=O) groups is 2. The SMILES string of the molecule is CCOc1cc2c(cc1/C=C1/SC(=O)N(Cc3ccc(Br)cc3)C1=O)OCO2. The zero-order valence-electron chi connectivity index (χ0n) is 14.9. The topological polar surface area (TPSA) is 65.1 Å². The van der Waals surface area contributed by atoms with Crippen LogP contribution in [0.15, 0.2) is 45.8 Å². The van der Waals surface area contributed by atoms with Gasteiger partial charge in [-0.3, -0.25) is 14.5 Å². The van der Waals surface area contributed by atoms with Crippen LogP contribution >= 0.6 is 27.7 Å². The van der Waals surface area contributed by atoms with E-state index in [2.05, 4.69) is 15.9 Å². The summed E-state index contributed by atoms with van der Waals surface area (Å²) in [4.78, 5) is 26.8. The van der Waals surface area contributed by atoms with Gasteiger partial charge in [-0.1, -0.05) is 28.1 Å². The Morgan fingerprint density at radius 3 is 2.61 bits per heavy atom. The molecule has 1 saturated heterocycles. The fourth-order valence-corrected chi connectivity index (χ4v) is 3.98. The Kier molecular flexibility index (Phi) is 5.32. The minimum absolute atomic E-state index is 0.147. The number of benzene rings is 2. The first-order valence-corrected chi connectivity index (χ1v) is 10.2. The highest BCUT2D eigenvalue weighted by atomic mass is 79.9. The molecule has 0 aromatic heterocycles. The van der Waals surface area contributed by atoms with Crippen molar-refractivity contribution in [3.8, 4) is 17.2 Å². The minimum atomic E-state index is -0.321. The number of hydrogen-bond acceptors (Lipinski definition) is 6. The minimum Gasteiger partial charge on any atom is -0.493 e. The third-order valence-electron chi connectivity index (χ3n) is 4.22. The molecule has 0 spiro atoms. The van der Waals surface area contributed by atoms with Crippen molar-refractivity contribution in [3.63, 3.8) is 0 Å². The van der Waals surface area contributed by atoms with E-state index in [1.54, 1.807) is 18.2 Å². The Hall–Kier alpha value is -2.45. The van der Waals surface area contributed by atoms with Crippen molar-refractivity contribution < 1.29 is 23.8 Å². The van der Waals surface area contributed by atoms with Crippen molar-refractivity contribution in [3.05, 3.63) is 56.9 Å². The number of carbonyl (C=O) groups excluding carboxylic acids is 2. The molecule has 2 aromatic carbocycles. The van der Waals surface area contributed by atoms with Gasteiger partial charge in [0, 0.05) is 16.1 Å². The molecule has 0 aliphatic carbocycles. The lowest BCUT2D eigenvalue weighted by Crippen LogP contribution is -2.27. The van der Waals surface area contributed by atoms with Crippen LogP contribution in [-0.4, -0.2) is 29.4 Å². The Labute approximate surface area is 174 Å². The van der Waals surface area contributed by atoms with E-state index in [0.717, 1.165) is 21.8 Å². The molecule has 2 amide bonds. The Bertz CT molecular complexity index is 973. The van der Waals surface area contributed by atoms with Crippen molar-refractivity contribution in [1.82, 2.24) is 4.90 Å². The van der Waals surface area contributed by atoms with Gasteiger partial charge in [-0.2, -0.15) is 0 Å². The number of ether oxygens (including phenoxy) is 3. The van der Waals surface area contributed by atoms with Gasteiger partial charge >= 0.3 is 0 Å². The summed E-state index contributed by atoms with van der Waals surface area (Å²) in [5.74, 6) is 1.44. The molecule has 0 atom stereocenters. The van der Waals surface area contributed by atoms with E-state index in [0.29, 0.717) is 34.3 Å². The van der Waals surface area contributed by atoms with E-state index >= 15 is 0 Å². The van der Waals surface area contributed by atoms with Gasteiger partial charge in [-0.15, -0.1) is 0 Å². The van der Waals surface area contributed by atoms with Crippen LogP contribution in [0, 0.1) is 0 Å². The summed E-state index contributed by atoms with van der Waals surface area (Å²) in [6.07, 6.45) is 1.67. The monoisotopic (exact) mass is 461 g/mol. The molecule has 2 heterocycles. The molecule has 0 saturated carbocycles. The van der Waals surface area contributed by atoms with E-state index in [-0.39, 0.29) is 24.5 Å². The normalized spacial score (nSPS) is 16.9. The van der Waals surface area contributed by atoms with Crippen LogP contribution in [0.3, 0.4) is 0 Å². The summed E-state index contributed by atoms with van der Waals surface area (Å²) in [6.45, 7) is 2.72. The van der Waals surface area contributed by atoms with Crippen LogP contribution < -0.4 is 14.2 Å². The number of thioether (sulfide) groups is 1. The van der Waals surface area contributed by atoms with Crippen molar-refractivity contribution in [2.24, 2.45) is 0 Å². The van der Waals surface area contributed by atoms with Gasteiger partial charge in [0.25, 0.3) is 11.1 Å². The van der Waals surface area contributed by atoms with E-state index in [1.807, 2.05) is 31.2 Å². The fourth-order valence-electron chi connectivity index (χ4n) is 2.88. The molecule has 2 aliphatic rings. The van der Waals surface area contributed by atoms with Crippen LogP contribution in [0.2, 0.25) is 0 Å². The number of hydrogen-bond donors (Lipinski definition) is 0. The molecule has 4 rings (SSSR count). The first kappa shape index (κ1) is 18.9. The van der Waals surface area contributed by atoms with Gasteiger partial charge in [0.05, 0.1) is 18.1 Å². The van der Waals surface area contributed by atoms with Crippen molar-refractivity contribution in [2.45, 2.75) is 13.5 Å². The largest absolute Gasteiger partial charge is 0.493 e. The maximum atomic E-state index is 12.8. The quantitative estimate of drug-likeness (QED) is 0.595. The van der Waals surface area contributed by atoms with E-state index in [4.69, 9.17) is 14.2 Å². The van der Waals surface area contributed by atoms with Crippen LogP contribution in [0.25, 0.3) is 6.08 Å². The molecule has 0 radical (unpaired) electrons. The van der Waals surface area contributed by atoms with Gasteiger partial charge in [-0.25, -0.2) is 0 Å². The first-order valence-electron chi connectivity index (χ1n) is 8.61. The summed E-state index contributed by atoms with van der Waals surface area (Å²) in [7, 11) is 0. The Morgan fingerprint density at radius 2 is 1.89 bits per heavy atom. The maximum Gasteiger partial charge on any atom is 0.293 e. The number of rotatable bonds is 5. The molecule has 6 nitrogen and oxygen atoms in total. The van der Waals surface area contributed by atoms with Gasteiger partial charge in [0.1, 0.15) is 5.75 Å². The lowest BCUT2D eigenvalue weighted by molar-refractivity contribution is -0.123. The summed E-state index contributed by atoms with van der Waals surface area (Å²) in [5, 5.41) is -0.294. The van der Waals surface area contributed by atoms with Crippen LogP contribution in [-0.2, 0) is 11.3 Å². The predicted molar refractivity (Wildman–Crippen MR) is 109 cm³/mol. The molecule has 1 fully saturated rings. The summed E-state index contributed by atoms with van der Waals surface area (Å²) < 4.78 is 17.4. The van der Waals surface area contributed by atoms with Gasteiger partial charge in [-0.05, 0) is 48.5 Å². The predicted octanol–water partition coefficient (Wildman–Crippen LogP) is 4.81. The second kappa shape index (κ2) is 7.89. The smallest absolute Gasteiger partial charge is 0.293 e. The number of halogens is 1. The summed E-state index contributed by atoms with van der Waals surface area (Å²) >= 11 is 4.30. The summed E-state index contributed by atoms with van der Waals surface area (Å²) in [6, 6.07) is 11.0. The first-order chi connectivity index (χ1) is 13.5. The molecular formula is C20H16BrNO5S. The van der Waals surface area contributed by atoms with Crippen molar-refractivity contribution >= 4 is 44.9 Å². The van der Waals surface area contributed by atoms with Crippen LogP contribution in [0.5, 0.6) is 17.2 Å². The number of amides is 2. The standard InChI is InChI=1S/C20H16BrNO5S/c1-2-25-15-9-17-16(26-11-27-17)7-13(15)8-18-19(23)22(20(24)28-18)10-12-3-5-14(21)6-4-12/h3-9H,2,10-11H2,1H3/b18-8+. The molecule has 2 aromatic rings. The van der Waals surface area contributed by atoms with Gasteiger partial charge in [0.2, 0.25) is 6.79 Å². The highest BCUT2D eigenvalue weighted by molar-refractivity contribution is 9.10. The number of fused-ring (bicyclic) bond motifs is 1. The zero-order valence-corrected chi connectivity index (χ0v) is 17.3. The molecule has 8 heteroatoms. The van der Waals surface area contributed by atoms with E-state index in [1.165, 1.54) is 4.90 Å². The zero-order chi connectivity index (χ0) is 19.7. The van der Waals surface area contributed by atoms with Gasteiger partial charge < -0.3 is 14.2 Å². The van der Waals surface area contributed by atoms with Crippen LogP contribution in [0.1, 0.15) is 18.1 Å². The van der Waals surface area contributed by atoms with E-state index < -0.39 is 0 Å². The van der Waals surface area contributed by atoms with Crippen molar-refractivity contribution in [2.75, 3.05) is 13.4 Å². The Morgan fingerprint density at radius 1 is 1.18 bits per heavy atom. The third-order valence-corrected chi connectivity index (χ3v) is 5.66. The van der Waals surface area contributed by atoms with E-state index in [9.17, 15) is 9.59 Å². The average molecular weight is 462 g/mol. The third kappa shape index (κ3) is 3.74. The maximum absolute atomic E-state index is 12.8.